The Balaban J connectivity index is 1.97. The van der Waals surface area contributed by atoms with Crippen LogP contribution in [0.3, 0.4) is 0 Å². The molecule has 0 aliphatic carbocycles. The van der Waals surface area contributed by atoms with Gasteiger partial charge in [-0.05, 0) is 31.0 Å². The average molecular weight is 251 g/mol. The summed E-state index contributed by atoms with van der Waals surface area (Å²) in [6.45, 7) is 1.13. The minimum absolute atomic E-state index is 0.0557. The standard InChI is InChI=1S/C13H17NO4/c14-10(2-1-3-13(15)16)9-4-5-11-12(8-9)18-7-6-17-11/h4-5,8,10H,1-3,6-7,14H2,(H,15,16)/t10-/m0/s1. The van der Waals surface area contributed by atoms with Crippen molar-refractivity contribution in [2.45, 2.75) is 25.3 Å². The van der Waals surface area contributed by atoms with Crippen LogP contribution in [0.1, 0.15) is 30.9 Å². The molecule has 0 fully saturated rings. The lowest BCUT2D eigenvalue weighted by Crippen LogP contribution is -2.53. The highest BCUT2D eigenvalue weighted by molar-refractivity contribution is 5.64. The van der Waals surface area contributed by atoms with Crippen LogP contribution in [-0.4, -0.2) is 19.2 Å². The van der Waals surface area contributed by atoms with Crippen molar-refractivity contribution in [3.05, 3.63) is 23.8 Å². The molecule has 2 rings (SSSR count). The highest BCUT2D eigenvalue weighted by atomic mass is 16.6. The lowest BCUT2D eigenvalue weighted by atomic mass is 10.0. The molecule has 0 amide bonds. The summed E-state index contributed by atoms with van der Waals surface area (Å²) < 4.78 is 10.9. The lowest BCUT2D eigenvalue weighted by Gasteiger charge is -2.19. The first-order valence-corrected chi connectivity index (χ1v) is 6.09. The first-order chi connectivity index (χ1) is 8.66. The van der Waals surface area contributed by atoms with Gasteiger partial charge >= 0.3 is 0 Å². The van der Waals surface area contributed by atoms with Crippen LogP contribution >= 0.6 is 0 Å². The minimum Gasteiger partial charge on any atom is -0.550 e. The predicted octanol–water partition coefficient (Wildman–Crippen LogP) is -0.339. The van der Waals surface area contributed by atoms with Crippen LogP contribution in [0.15, 0.2) is 18.2 Å². The number of carbonyl (C=O) groups excluding carboxylic acids is 1. The van der Waals surface area contributed by atoms with Gasteiger partial charge in [0, 0.05) is 18.0 Å². The third-order valence-corrected chi connectivity index (χ3v) is 2.97. The number of carbonyl (C=O) groups is 1. The summed E-state index contributed by atoms with van der Waals surface area (Å²) in [5.74, 6) is 0.489. The van der Waals surface area contributed by atoms with Crippen LogP contribution in [0.5, 0.6) is 11.5 Å². The van der Waals surface area contributed by atoms with Crippen LogP contribution < -0.4 is 20.3 Å². The van der Waals surface area contributed by atoms with Crippen molar-refractivity contribution in [2.75, 3.05) is 13.2 Å². The summed E-state index contributed by atoms with van der Waals surface area (Å²) in [5.41, 5.74) is 5.08. The Hall–Kier alpha value is -1.75. The number of quaternary nitrogens is 1. The van der Waals surface area contributed by atoms with E-state index in [0.29, 0.717) is 26.1 Å². The smallest absolute Gasteiger partial charge is 0.161 e. The van der Waals surface area contributed by atoms with Crippen molar-refractivity contribution in [3.63, 3.8) is 0 Å². The molecule has 0 saturated heterocycles. The Morgan fingerprint density at radius 1 is 1.33 bits per heavy atom. The molecule has 0 bridgehead atoms. The van der Waals surface area contributed by atoms with Gasteiger partial charge < -0.3 is 25.1 Å². The first kappa shape index (κ1) is 12.7. The Bertz CT molecular complexity index is 433. The summed E-state index contributed by atoms with van der Waals surface area (Å²) >= 11 is 0. The van der Waals surface area contributed by atoms with E-state index < -0.39 is 5.97 Å². The highest BCUT2D eigenvalue weighted by Crippen LogP contribution is 2.32. The largest absolute Gasteiger partial charge is 0.550 e. The second-order valence-electron chi connectivity index (χ2n) is 4.36. The Labute approximate surface area is 106 Å². The number of fused-ring (bicyclic) bond motifs is 1. The number of benzene rings is 1. The predicted molar refractivity (Wildman–Crippen MR) is 61.9 cm³/mol. The van der Waals surface area contributed by atoms with Gasteiger partial charge in [0.05, 0.1) is 0 Å². The summed E-state index contributed by atoms with van der Waals surface area (Å²) in [6, 6.07) is 5.80. The van der Waals surface area contributed by atoms with Crippen molar-refractivity contribution < 1.29 is 25.1 Å². The second-order valence-corrected chi connectivity index (χ2v) is 4.36. The number of rotatable bonds is 5. The van der Waals surface area contributed by atoms with Crippen molar-refractivity contribution in [1.29, 1.82) is 0 Å². The molecule has 1 aliphatic rings. The quantitative estimate of drug-likeness (QED) is 0.775. The molecule has 5 heteroatoms. The third kappa shape index (κ3) is 3.13. The number of ether oxygens (including phenoxy) is 2. The van der Waals surface area contributed by atoms with Gasteiger partial charge in [0.25, 0.3) is 0 Å². The van der Waals surface area contributed by atoms with E-state index in [2.05, 4.69) is 5.73 Å². The van der Waals surface area contributed by atoms with Gasteiger partial charge in [-0.2, -0.15) is 0 Å². The molecule has 0 unspecified atom stereocenters. The Morgan fingerprint density at radius 2 is 2.06 bits per heavy atom. The SMILES string of the molecule is [NH3+][C@@H](CCCC(=O)[O-])c1ccc2c(c1)OCCO2. The van der Waals surface area contributed by atoms with Gasteiger partial charge in [0.15, 0.2) is 11.5 Å². The molecule has 0 aromatic heterocycles. The number of hydrogen-bond acceptors (Lipinski definition) is 4. The summed E-state index contributed by atoms with van der Waals surface area (Å²) in [5, 5.41) is 10.3. The number of aliphatic carboxylic acids is 1. The van der Waals surface area contributed by atoms with E-state index >= 15 is 0 Å². The van der Waals surface area contributed by atoms with Gasteiger partial charge in [-0.15, -0.1) is 0 Å². The maximum atomic E-state index is 10.3. The number of hydrogen-bond donors (Lipinski definition) is 1. The van der Waals surface area contributed by atoms with Gasteiger partial charge in [-0.3, -0.25) is 0 Å². The molecule has 0 spiro atoms. The van der Waals surface area contributed by atoms with Crippen LogP contribution in [0.2, 0.25) is 0 Å². The molecule has 1 atom stereocenters. The Morgan fingerprint density at radius 3 is 2.78 bits per heavy atom. The zero-order chi connectivity index (χ0) is 13.0. The second kappa shape index (κ2) is 5.73. The minimum atomic E-state index is -1.01. The summed E-state index contributed by atoms with van der Waals surface area (Å²) in [4.78, 5) is 10.3. The molecule has 0 saturated carbocycles. The topological polar surface area (TPSA) is 86.2 Å². The molecule has 1 aliphatic heterocycles. The average Bonchev–Trinajstić information content (AvgIpc) is 2.37. The normalized spacial score (nSPS) is 15.2. The molecular formula is C13H17NO4. The van der Waals surface area contributed by atoms with E-state index in [1.165, 1.54) is 0 Å². The van der Waals surface area contributed by atoms with Crippen LogP contribution in [0.4, 0.5) is 0 Å². The lowest BCUT2D eigenvalue weighted by molar-refractivity contribution is -0.428. The molecule has 0 radical (unpaired) electrons. The summed E-state index contributed by atoms with van der Waals surface area (Å²) in [6.07, 6.45) is 1.37. The van der Waals surface area contributed by atoms with Gasteiger partial charge in [0.1, 0.15) is 19.3 Å². The monoisotopic (exact) mass is 251 g/mol. The van der Waals surface area contributed by atoms with E-state index in [0.717, 1.165) is 17.1 Å². The molecular weight excluding hydrogens is 234 g/mol. The summed E-state index contributed by atoms with van der Waals surface area (Å²) in [7, 11) is 0. The maximum absolute atomic E-state index is 10.3. The van der Waals surface area contributed by atoms with Crippen LogP contribution in [-0.2, 0) is 4.79 Å². The molecule has 1 aromatic rings. The van der Waals surface area contributed by atoms with Crippen molar-refractivity contribution in [3.8, 4) is 11.5 Å². The van der Waals surface area contributed by atoms with Crippen LogP contribution in [0.25, 0.3) is 0 Å². The molecule has 3 N–H and O–H groups in total. The first-order valence-electron chi connectivity index (χ1n) is 6.09. The molecule has 1 heterocycles. The fourth-order valence-electron chi connectivity index (χ4n) is 1.97. The molecule has 18 heavy (non-hydrogen) atoms. The zero-order valence-corrected chi connectivity index (χ0v) is 10.2. The van der Waals surface area contributed by atoms with Crippen molar-refractivity contribution >= 4 is 5.97 Å². The van der Waals surface area contributed by atoms with E-state index in [1.807, 2.05) is 18.2 Å². The van der Waals surface area contributed by atoms with E-state index in [1.54, 1.807) is 0 Å². The number of carboxylic acids is 1. The van der Waals surface area contributed by atoms with E-state index in [-0.39, 0.29) is 12.5 Å². The maximum Gasteiger partial charge on any atom is 0.161 e. The van der Waals surface area contributed by atoms with Gasteiger partial charge in [-0.25, -0.2) is 0 Å². The molecule has 98 valence electrons. The van der Waals surface area contributed by atoms with Gasteiger partial charge in [0.2, 0.25) is 0 Å². The fraction of sp³-hybridized carbons (Fsp3) is 0.462. The van der Waals surface area contributed by atoms with E-state index in [4.69, 9.17) is 9.47 Å². The molecule has 5 nitrogen and oxygen atoms in total. The molecule has 1 aromatic carbocycles. The van der Waals surface area contributed by atoms with Crippen LogP contribution in [0, 0.1) is 0 Å². The zero-order valence-electron chi connectivity index (χ0n) is 10.2. The third-order valence-electron chi connectivity index (χ3n) is 2.97. The van der Waals surface area contributed by atoms with Crippen molar-refractivity contribution in [1.82, 2.24) is 0 Å². The van der Waals surface area contributed by atoms with Gasteiger partial charge in [-0.1, -0.05) is 0 Å². The Kier molecular flexibility index (Phi) is 4.04. The van der Waals surface area contributed by atoms with E-state index in [9.17, 15) is 9.90 Å². The number of carboxylic acid groups (broad SMARTS) is 1. The highest BCUT2D eigenvalue weighted by Gasteiger charge is 2.16. The van der Waals surface area contributed by atoms with Crippen molar-refractivity contribution in [2.24, 2.45) is 0 Å². The fourth-order valence-corrected chi connectivity index (χ4v) is 1.97.